The molecule has 0 saturated carbocycles. The van der Waals surface area contributed by atoms with Crippen molar-refractivity contribution in [1.82, 2.24) is 14.8 Å². The average molecular weight is 382 g/mol. The first kappa shape index (κ1) is 18.4. The van der Waals surface area contributed by atoms with Crippen LogP contribution in [0.5, 0.6) is 10.9 Å². The van der Waals surface area contributed by atoms with Crippen LogP contribution in [0.2, 0.25) is 0 Å². The van der Waals surface area contributed by atoms with Gasteiger partial charge in [-0.05, 0) is 82.3 Å². The van der Waals surface area contributed by atoms with Gasteiger partial charge in [0, 0.05) is 6.54 Å². The van der Waals surface area contributed by atoms with Crippen molar-refractivity contribution in [3.63, 3.8) is 0 Å². The maximum atomic E-state index is 5.93. The van der Waals surface area contributed by atoms with Crippen LogP contribution in [-0.4, -0.2) is 48.0 Å². The van der Waals surface area contributed by atoms with E-state index in [9.17, 15) is 0 Å². The maximum absolute atomic E-state index is 5.93. The summed E-state index contributed by atoms with van der Waals surface area (Å²) in [5.41, 5.74) is 2.31. The lowest BCUT2D eigenvalue weighted by Crippen LogP contribution is -2.26. The molecule has 0 unspecified atom stereocenters. The van der Waals surface area contributed by atoms with E-state index in [0.717, 1.165) is 29.1 Å². The number of ether oxygens (including phenoxy) is 1. The molecule has 2 aromatic carbocycles. The lowest BCUT2D eigenvalue weighted by molar-refractivity contribution is 0.275. The van der Waals surface area contributed by atoms with Gasteiger partial charge in [-0.25, -0.2) is 4.98 Å². The largest absolute Gasteiger partial charge is 0.431 e. The number of hydrogen-bond donors (Lipinski definition) is 0. The van der Waals surface area contributed by atoms with Crippen LogP contribution in [0.4, 0.5) is 0 Å². The molecule has 1 aliphatic heterocycles. The van der Waals surface area contributed by atoms with E-state index in [1.807, 2.05) is 30.3 Å². The van der Waals surface area contributed by atoms with Gasteiger partial charge >= 0.3 is 0 Å². The van der Waals surface area contributed by atoms with Crippen LogP contribution >= 0.6 is 11.3 Å². The average Bonchev–Trinajstić information content (AvgIpc) is 3.32. The van der Waals surface area contributed by atoms with Gasteiger partial charge in [0.05, 0.1) is 10.2 Å². The quantitative estimate of drug-likeness (QED) is 0.549. The molecule has 1 aliphatic rings. The Hall–Kier alpha value is -1.95. The highest BCUT2D eigenvalue weighted by Crippen LogP contribution is 2.31. The molecule has 1 fully saturated rings. The first-order chi connectivity index (χ1) is 13.3. The fourth-order valence-electron chi connectivity index (χ4n) is 3.62. The van der Waals surface area contributed by atoms with Crippen LogP contribution in [0.25, 0.3) is 10.2 Å². The molecule has 27 heavy (non-hydrogen) atoms. The summed E-state index contributed by atoms with van der Waals surface area (Å²) in [4.78, 5) is 9.52. The molecule has 3 aromatic rings. The number of fused-ring (bicyclic) bond motifs is 1. The molecule has 0 radical (unpaired) electrons. The summed E-state index contributed by atoms with van der Waals surface area (Å²) in [6.45, 7) is 5.93. The molecule has 4 nitrogen and oxygen atoms in total. The van der Waals surface area contributed by atoms with Crippen LogP contribution in [-0.2, 0) is 6.54 Å². The number of aromatic nitrogens is 1. The third kappa shape index (κ3) is 5.06. The predicted octanol–water partition coefficient (Wildman–Crippen LogP) is 5.01. The highest BCUT2D eigenvalue weighted by molar-refractivity contribution is 7.20. The van der Waals surface area contributed by atoms with Crippen molar-refractivity contribution in [3.8, 4) is 10.9 Å². The minimum absolute atomic E-state index is 0.697. The molecule has 1 aromatic heterocycles. The Balaban J connectivity index is 1.26. The van der Waals surface area contributed by atoms with Crippen molar-refractivity contribution in [2.75, 3.05) is 33.2 Å². The Morgan fingerprint density at radius 1 is 1.07 bits per heavy atom. The standard InChI is InChI=1S/C22H27N3OS/c1-24(13-6-16-25-14-4-5-15-25)17-18-9-11-19(12-10-18)26-22-23-20-7-2-3-8-21(20)27-22/h2-3,7-12H,4-6,13-17H2,1H3. The zero-order valence-electron chi connectivity index (χ0n) is 15.9. The number of benzene rings is 2. The summed E-state index contributed by atoms with van der Waals surface area (Å²) >= 11 is 1.58. The number of hydrogen-bond acceptors (Lipinski definition) is 5. The summed E-state index contributed by atoms with van der Waals surface area (Å²) in [5.74, 6) is 0.842. The van der Waals surface area contributed by atoms with Gasteiger partial charge in [-0.15, -0.1) is 0 Å². The maximum Gasteiger partial charge on any atom is 0.279 e. The van der Waals surface area contributed by atoms with Gasteiger partial charge in [-0.2, -0.15) is 0 Å². The molecule has 1 saturated heterocycles. The van der Waals surface area contributed by atoms with Crippen molar-refractivity contribution in [2.24, 2.45) is 0 Å². The third-order valence-electron chi connectivity index (χ3n) is 5.07. The van der Waals surface area contributed by atoms with Crippen molar-refractivity contribution in [1.29, 1.82) is 0 Å². The molecule has 0 N–H and O–H groups in total. The van der Waals surface area contributed by atoms with Crippen molar-refractivity contribution < 1.29 is 4.74 Å². The number of likely N-dealkylation sites (tertiary alicyclic amines) is 1. The predicted molar refractivity (Wildman–Crippen MR) is 113 cm³/mol. The van der Waals surface area contributed by atoms with E-state index >= 15 is 0 Å². The second-order valence-electron chi connectivity index (χ2n) is 7.33. The van der Waals surface area contributed by atoms with Crippen LogP contribution in [0.15, 0.2) is 48.5 Å². The Morgan fingerprint density at radius 3 is 2.63 bits per heavy atom. The molecule has 5 heteroatoms. The highest BCUT2D eigenvalue weighted by atomic mass is 32.1. The fraction of sp³-hybridized carbons (Fsp3) is 0.409. The number of thiazole rings is 1. The molecule has 0 atom stereocenters. The minimum Gasteiger partial charge on any atom is -0.431 e. The zero-order valence-corrected chi connectivity index (χ0v) is 16.8. The zero-order chi connectivity index (χ0) is 18.5. The Morgan fingerprint density at radius 2 is 1.85 bits per heavy atom. The van der Waals surface area contributed by atoms with Gasteiger partial charge in [-0.1, -0.05) is 35.6 Å². The minimum atomic E-state index is 0.697. The van der Waals surface area contributed by atoms with E-state index in [1.54, 1.807) is 11.3 Å². The number of para-hydroxylation sites is 1. The number of rotatable bonds is 8. The summed E-state index contributed by atoms with van der Waals surface area (Å²) < 4.78 is 7.09. The van der Waals surface area contributed by atoms with Gasteiger partial charge in [-0.3, -0.25) is 0 Å². The lowest BCUT2D eigenvalue weighted by atomic mass is 10.2. The van der Waals surface area contributed by atoms with Crippen LogP contribution in [0.3, 0.4) is 0 Å². The fourth-order valence-corrected chi connectivity index (χ4v) is 4.45. The van der Waals surface area contributed by atoms with Crippen molar-refractivity contribution >= 4 is 21.6 Å². The van der Waals surface area contributed by atoms with Crippen LogP contribution < -0.4 is 4.74 Å². The van der Waals surface area contributed by atoms with Gasteiger partial charge in [0.1, 0.15) is 5.75 Å². The molecule has 0 spiro atoms. The Labute approximate surface area is 165 Å². The van der Waals surface area contributed by atoms with E-state index in [-0.39, 0.29) is 0 Å². The second-order valence-corrected chi connectivity index (χ2v) is 8.33. The normalized spacial score (nSPS) is 15.0. The first-order valence-corrected chi connectivity index (χ1v) is 10.6. The molecule has 0 amide bonds. The smallest absolute Gasteiger partial charge is 0.279 e. The number of nitrogens with zero attached hydrogens (tertiary/aromatic N) is 3. The molecule has 0 aliphatic carbocycles. The highest BCUT2D eigenvalue weighted by Gasteiger charge is 2.11. The second kappa shape index (κ2) is 8.83. The molecule has 4 rings (SSSR count). The first-order valence-electron chi connectivity index (χ1n) is 9.79. The van der Waals surface area contributed by atoms with E-state index in [4.69, 9.17) is 4.74 Å². The van der Waals surface area contributed by atoms with Crippen molar-refractivity contribution in [3.05, 3.63) is 54.1 Å². The van der Waals surface area contributed by atoms with Crippen molar-refractivity contribution in [2.45, 2.75) is 25.8 Å². The van der Waals surface area contributed by atoms with Crippen LogP contribution in [0, 0.1) is 0 Å². The van der Waals surface area contributed by atoms with Gasteiger partial charge in [0.15, 0.2) is 0 Å². The lowest BCUT2D eigenvalue weighted by Gasteiger charge is -2.19. The summed E-state index contributed by atoms with van der Waals surface area (Å²) in [6.07, 6.45) is 4.00. The third-order valence-corrected chi connectivity index (χ3v) is 5.98. The molecule has 0 bridgehead atoms. The molecule has 2 heterocycles. The molecular weight excluding hydrogens is 354 g/mol. The summed E-state index contributed by atoms with van der Waals surface area (Å²) in [5, 5.41) is 0.697. The topological polar surface area (TPSA) is 28.6 Å². The van der Waals surface area contributed by atoms with E-state index in [1.165, 1.54) is 44.5 Å². The van der Waals surface area contributed by atoms with E-state index in [0.29, 0.717) is 5.19 Å². The molecular formula is C22H27N3OS. The monoisotopic (exact) mass is 381 g/mol. The van der Waals surface area contributed by atoms with E-state index < -0.39 is 0 Å². The summed E-state index contributed by atoms with van der Waals surface area (Å²) in [7, 11) is 2.20. The van der Waals surface area contributed by atoms with Gasteiger partial charge in [0.2, 0.25) is 0 Å². The van der Waals surface area contributed by atoms with Gasteiger partial charge in [0.25, 0.3) is 5.19 Å². The van der Waals surface area contributed by atoms with E-state index in [2.05, 4.69) is 40.0 Å². The Kier molecular flexibility index (Phi) is 6.02. The summed E-state index contributed by atoms with van der Waals surface area (Å²) in [6, 6.07) is 16.5. The Bertz CT molecular complexity index is 822. The SMILES string of the molecule is CN(CCCN1CCCC1)Cc1ccc(Oc2nc3ccccc3s2)cc1. The molecule has 142 valence electrons. The van der Waals surface area contributed by atoms with Crippen LogP contribution in [0.1, 0.15) is 24.8 Å². The van der Waals surface area contributed by atoms with Gasteiger partial charge < -0.3 is 14.5 Å².